The molecule has 0 aliphatic carbocycles. The van der Waals surface area contributed by atoms with E-state index in [9.17, 15) is 23.1 Å². The van der Waals surface area contributed by atoms with Crippen molar-refractivity contribution < 1.29 is 27.8 Å². The number of halogens is 3. The second-order valence-electron chi connectivity index (χ2n) is 4.37. The van der Waals surface area contributed by atoms with Crippen molar-refractivity contribution in [1.29, 1.82) is 0 Å². The monoisotopic (exact) mass is 318 g/mol. The maximum absolute atomic E-state index is 12.4. The number of amides is 2. The molecule has 5 nitrogen and oxygen atoms in total. The average molecular weight is 318 g/mol. The summed E-state index contributed by atoms with van der Waals surface area (Å²) in [5.41, 5.74) is -0.777. The number of aliphatic hydroxyl groups excluding tert-OH is 1. The summed E-state index contributed by atoms with van der Waals surface area (Å²) >= 11 is 0. The molecule has 0 aliphatic heterocycles. The summed E-state index contributed by atoms with van der Waals surface area (Å²) in [6.07, 6.45) is -3.89. The number of alkyl halides is 3. The summed E-state index contributed by atoms with van der Waals surface area (Å²) in [5.74, 6) is 0.197. The first-order valence-electron chi connectivity index (χ1n) is 6.43. The molecule has 0 aromatic heterocycles. The van der Waals surface area contributed by atoms with Crippen LogP contribution in [0.4, 0.5) is 18.0 Å². The quantitative estimate of drug-likeness (QED) is 0.673. The SMILES string of the molecule is C=CCNC(=O)NCC(O)COc1ccc(C(F)(F)F)cc1. The van der Waals surface area contributed by atoms with E-state index in [1.165, 1.54) is 18.2 Å². The second-order valence-corrected chi connectivity index (χ2v) is 4.37. The van der Waals surface area contributed by atoms with Crippen molar-refractivity contribution in [1.82, 2.24) is 10.6 Å². The van der Waals surface area contributed by atoms with Crippen molar-refractivity contribution in [2.24, 2.45) is 0 Å². The van der Waals surface area contributed by atoms with E-state index in [4.69, 9.17) is 4.74 Å². The van der Waals surface area contributed by atoms with Crippen LogP contribution < -0.4 is 15.4 Å². The Morgan fingerprint density at radius 1 is 1.32 bits per heavy atom. The molecule has 1 atom stereocenters. The molecule has 1 aromatic rings. The molecule has 0 bridgehead atoms. The number of nitrogens with one attached hydrogen (secondary N) is 2. The lowest BCUT2D eigenvalue weighted by Crippen LogP contribution is -2.41. The molecule has 3 N–H and O–H groups in total. The van der Waals surface area contributed by atoms with Crippen LogP contribution in [0.5, 0.6) is 5.75 Å². The Kier molecular flexibility index (Phi) is 6.71. The fourth-order valence-electron chi connectivity index (χ4n) is 1.43. The van der Waals surface area contributed by atoms with Crippen LogP contribution in [0.3, 0.4) is 0 Å². The Labute approximate surface area is 125 Å². The van der Waals surface area contributed by atoms with Crippen LogP contribution in [0.1, 0.15) is 5.56 Å². The average Bonchev–Trinajstić information content (AvgIpc) is 2.48. The topological polar surface area (TPSA) is 70.6 Å². The number of hydrogen-bond donors (Lipinski definition) is 3. The van der Waals surface area contributed by atoms with Crippen LogP contribution in [0.2, 0.25) is 0 Å². The Balaban J connectivity index is 2.33. The molecule has 8 heteroatoms. The maximum atomic E-state index is 12.4. The Morgan fingerprint density at radius 2 is 1.95 bits per heavy atom. The molecule has 0 saturated heterocycles. The molecule has 0 spiro atoms. The fourth-order valence-corrected chi connectivity index (χ4v) is 1.43. The molecular weight excluding hydrogens is 301 g/mol. The lowest BCUT2D eigenvalue weighted by atomic mass is 10.2. The van der Waals surface area contributed by atoms with Crippen LogP contribution in [-0.2, 0) is 6.18 Å². The second kappa shape index (κ2) is 8.28. The molecule has 2 amide bonds. The number of rotatable bonds is 7. The molecule has 1 aromatic carbocycles. The number of ether oxygens (including phenoxy) is 1. The minimum atomic E-state index is -4.40. The number of aliphatic hydroxyl groups is 1. The predicted molar refractivity (Wildman–Crippen MR) is 74.5 cm³/mol. The van der Waals surface area contributed by atoms with Gasteiger partial charge in [-0.2, -0.15) is 13.2 Å². The number of urea groups is 1. The molecule has 0 saturated carbocycles. The van der Waals surface area contributed by atoms with Gasteiger partial charge in [0.1, 0.15) is 18.5 Å². The van der Waals surface area contributed by atoms with Crippen molar-refractivity contribution in [3.05, 3.63) is 42.5 Å². The van der Waals surface area contributed by atoms with Crippen molar-refractivity contribution in [3.63, 3.8) is 0 Å². The van der Waals surface area contributed by atoms with Crippen LogP contribution in [0.15, 0.2) is 36.9 Å². The smallest absolute Gasteiger partial charge is 0.416 e. The van der Waals surface area contributed by atoms with Crippen molar-refractivity contribution >= 4 is 6.03 Å². The first kappa shape index (κ1) is 17.8. The normalized spacial score (nSPS) is 12.4. The van der Waals surface area contributed by atoms with Gasteiger partial charge in [-0.25, -0.2) is 4.79 Å². The van der Waals surface area contributed by atoms with E-state index in [1.807, 2.05) is 0 Å². The number of carbonyl (C=O) groups is 1. The molecule has 0 heterocycles. The lowest BCUT2D eigenvalue weighted by Gasteiger charge is -2.14. The molecule has 1 unspecified atom stereocenters. The van der Waals surface area contributed by atoms with E-state index in [0.29, 0.717) is 6.54 Å². The van der Waals surface area contributed by atoms with Crippen molar-refractivity contribution in [2.45, 2.75) is 12.3 Å². The van der Waals surface area contributed by atoms with Crippen LogP contribution in [-0.4, -0.2) is 36.9 Å². The van der Waals surface area contributed by atoms with Gasteiger partial charge in [0, 0.05) is 13.1 Å². The molecule has 0 fully saturated rings. The first-order chi connectivity index (χ1) is 10.3. The Morgan fingerprint density at radius 3 is 2.50 bits per heavy atom. The van der Waals surface area contributed by atoms with E-state index < -0.39 is 23.9 Å². The molecule has 122 valence electrons. The van der Waals surface area contributed by atoms with Crippen molar-refractivity contribution in [3.8, 4) is 5.75 Å². The maximum Gasteiger partial charge on any atom is 0.416 e. The Bertz CT molecular complexity index is 489. The van der Waals surface area contributed by atoms with Gasteiger partial charge < -0.3 is 20.5 Å². The van der Waals surface area contributed by atoms with Crippen LogP contribution in [0, 0.1) is 0 Å². The van der Waals surface area contributed by atoms with E-state index in [1.54, 1.807) is 0 Å². The Hall–Kier alpha value is -2.22. The first-order valence-corrected chi connectivity index (χ1v) is 6.43. The number of carbonyl (C=O) groups excluding carboxylic acids is 1. The standard InChI is InChI=1S/C14H17F3N2O3/c1-2-7-18-13(21)19-8-11(20)9-22-12-5-3-10(4-6-12)14(15,16)17/h2-6,11,20H,1,7-9H2,(H2,18,19,21). The minimum absolute atomic E-state index is 0.0520. The number of hydrogen-bond acceptors (Lipinski definition) is 3. The summed E-state index contributed by atoms with van der Waals surface area (Å²) in [6, 6.07) is 3.65. The van der Waals surface area contributed by atoms with E-state index >= 15 is 0 Å². The third-order valence-electron chi connectivity index (χ3n) is 2.53. The lowest BCUT2D eigenvalue weighted by molar-refractivity contribution is -0.137. The summed E-state index contributed by atoms with van der Waals surface area (Å²) < 4.78 is 42.2. The van der Waals surface area contributed by atoms with E-state index in [-0.39, 0.29) is 18.9 Å². The zero-order valence-electron chi connectivity index (χ0n) is 11.7. The van der Waals surface area contributed by atoms with Gasteiger partial charge in [-0.05, 0) is 24.3 Å². The van der Waals surface area contributed by atoms with E-state index in [2.05, 4.69) is 17.2 Å². The van der Waals surface area contributed by atoms with Gasteiger partial charge in [0.15, 0.2) is 0 Å². The molecule has 0 radical (unpaired) electrons. The van der Waals surface area contributed by atoms with Gasteiger partial charge in [-0.15, -0.1) is 6.58 Å². The highest BCUT2D eigenvalue weighted by Gasteiger charge is 2.30. The fraction of sp³-hybridized carbons (Fsp3) is 0.357. The highest BCUT2D eigenvalue weighted by atomic mass is 19.4. The van der Waals surface area contributed by atoms with Crippen molar-refractivity contribution in [2.75, 3.05) is 19.7 Å². The number of benzene rings is 1. The van der Waals surface area contributed by atoms with Gasteiger partial charge >= 0.3 is 12.2 Å². The van der Waals surface area contributed by atoms with Gasteiger partial charge in [-0.1, -0.05) is 6.08 Å². The zero-order chi connectivity index (χ0) is 16.6. The summed E-state index contributed by atoms with van der Waals surface area (Å²) in [6.45, 7) is 3.51. The molecular formula is C14H17F3N2O3. The third kappa shape index (κ3) is 6.49. The molecule has 0 aliphatic rings. The third-order valence-corrected chi connectivity index (χ3v) is 2.53. The van der Waals surface area contributed by atoms with Gasteiger partial charge in [-0.3, -0.25) is 0 Å². The summed E-state index contributed by atoms with van der Waals surface area (Å²) in [5, 5.41) is 14.5. The van der Waals surface area contributed by atoms with Gasteiger partial charge in [0.05, 0.1) is 5.56 Å². The highest BCUT2D eigenvalue weighted by molar-refractivity contribution is 5.73. The minimum Gasteiger partial charge on any atom is -0.491 e. The largest absolute Gasteiger partial charge is 0.491 e. The predicted octanol–water partition coefficient (Wildman–Crippen LogP) is 1.93. The van der Waals surface area contributed by atoms with Crippen LogP contribution >= 0.6 is 0 Å². The summed E-state index contributed by atoms with van der Waals surface area (Å²) in [4.78, 5) is 11.2. The highest BCUT2D eigenvalue weighted by Crippen LogP contribution is 2.30. The van der Waals surface area contributed by atoms with Gasteiger partial charge in [0.25, 0.3) is 0 Å². The van der Waals surface area contributed by atoms with Crippen LogP contribution in [0.25, 0.3) is 0 Å². The zero-order valence-corrected chi connectivity index (χ0v) is 11.7. The molecule has 1 rings (SSSR count). The van der Waals surface area contributed by atoms with E-state index in [0.717, 1.165) is 12.1 Å². The van der Waals surface area contributed by atoms with Gasteiger partial charge in [0.2, 0.25) is 0 Å². The molecule has 22 heavy (non-hydrogen) atoms. The summed E-state index contributed by atoms with van der Waals surface area (Å²) in [7, 11) is 0.